The number of nitrogens with zero attached hydrogens (tertiary/aromatic N) is 1. The Hall–Kier alpha value is -1.75. The Morgan fingerprint density at radius 1 is 1.29 bits per heavy atom. The fraction of sp³-hybridized carbons (Fsp3) is 0.467. The molecular weight excluding hydrogens is 290 g/mol. The summed E-state index contributed by atoms with van der Waals surface area (Å²) in [6.45, 7) is 3.80. The van der Waals surface area contributed by atoms with Crippen LogP contribution in [-0.2, 0) is 4.79 Å². The molecule has 0 saturated carbocycles. The molecule has 1 aliphatic rings. The van der Waals surface area contributed by atoms with E-state index in [1.165, 1.54) is 0 Å². The second-order valence-corrected chi connectivity index (χ2v) is 5.54. The summed E-state index contributed by atoms with van der Waals surface area (Å²) in [6.07, 6.45) is 2.36. The van der Waals surface area contributed by atoms with Crippen LogP contribution in [0.1, 0.15) is 24.8 Å². The van der Waals surface area contributed by atoms with E-state index in [1.807, 2.05) is 13.0 Å². The lowest BCUT2D eigenvalue weighted by Crippen LogP contribution is -2.39. The van der Waals surface area contributed by atoms with E-state index >= 15 is 0 Å². The summed E-state index contributed by atoms with van der Waals surface area (Å²) >= 11 is 6.00. The molecule has 21 heavy (non-hydrogen) atoms. The van der Waals surface area contributed by atoms with E-state index in [1.54, 1.807) is 17.0 Å². The van der Waals surface area contributed by atoms with Crippen LogP contribution in [0, 0.1) is 6.92 Å². The first kappa shape index (κ1) is 15.6. The zero-order chi connectivity index (χ0) is 15.2. The van der Waals surface area contributed by atoms with Gasteiger partial charge in [0.15, 0.2) is 0 Å². The molecule has 0 unspecified atom stereocenters. The van der Waals surface area contributed by atoms with Gasteiger partial charge in [-0.15, -0.1) is 0 Å². The smallest absolute Gasteiger partial charge is 0.317 e. The van der Waals surface area contributed by atoms with Gasteiger partial charge < -0.3 is 15.5 Å². The lowest BCUT2D eigenvalue weighted by Gasteiger charge is -2.16. The van der Waals surface area contributed by atoms with Gasteiger partial charge in [0.05, 0.1) is 0 Å². The predicted molar refractivity (Wildman–Crippen MR) is 83.6 cm³/mol. The van der Waals surface area contributed by atoms with E-state index in [2.05, 4.69) is 10.6 Å². The van der Waals surface area contributed by atoms with Crippen molar-refractivity contribution in [2.75, 3.05) is 25.0 Å². The monoisotopic (exact) mass is 309 g/mol. The van der Waals surface area contributed by atoms with Crippen LogP contribution in [0.5, 0.6) is 0 Å². The van der Waals surface area contributed by atoms with E-state index in [-0.39, 0.29) is 18.4 Å². The Labute approximate surface area is 129 Å². The van der Waals surface area contributed by atoms with Crippen LogP contribution in [0.15, 0.2) is 18.2 Å². The summed E-state index contributed by atoms with van der Waals surface area (Å²) in [5.41, 5.74) is 1.55. The first-order valence-electron chi connectivity index (χ1n) is 7.15. The van der Waals surface area contributed by atoms with Crippen LogP contribution < -0.4 is 10.6 Å². The zero-order valence-corrected chi connectivity index (χ0v) is 12.9. The molecule has 3 amide bonds. The van der Waals surface area contributed by atoms with Crippen LogP contribution >= 0.6 is 11.6 Å². The Morgan fingerprint density at radius 2 is 2.00 bits per heavy atom. The van der Waals surface area contributed by atoms with Crippen molar-refractivity contribution in [3.05, 3.63) is 28.8 Å². The number of carbonyl (C=O) groups excluding carboxylic acids is 2. The number of hydrogen-bond acceptors (Lipinski definition) is 2. The van der Waals surface area contributed by atoms with Crippen molar-refractivity contribution in [1.82, 2.24) is 10.2 Å². The highest BCUT2D eigenvalue weighted by Crippen LogP contribution is 2.22. The van der Waals surface area contributed by atoms with Crippen molar-refractivity contribution in [3.8, 4) is 0 Å². The second kappa shape index (κ2) is 7.31. The average molecular weight is 310 g/mol. The van der Waals surface area contributed by atoms with Crippen molar-refractivity contribution < 1.29 is 9.59 Å². The van der Waals surface area contributed by atoms with Crippen molar-refractivity contribution in [3.63, 3.8) is 0 Å². The molecule has 1 aromatic carbocycles. The molecular formula is C15H20ClN3O2. The summed E-state index contributed by atoms with van der Waals surface area (Å²) in [5.74, 6) is -0.137. The number of halogens is 1. The fourth-order valence-electron chi connectivity index (χ4n) is 2.27. The molecule has 0 bridgehead atoms. The molecule has 2 N–H and O–H groups in total. The van der Waals surface area contributed by atoms with Crippen molar-refractivity contribution >= 4 is 29.2 Å². The number of nitrogens with one attached hydrogen (secondary N) is 2. The van der Waals surface area contributed by atoms with Gasteiger partial charge in [-0.3, -0.25) is 4.79 Å². The summed E-state index contributed by atoms with van der Waals surface area (Å²) in [7, 11) is 0. The molecule has 1 heterocycles. The summed E-state index contributed by atoms with van der Waals surface area (Å²) in [4.78, 5) is 25.4. The number of urea groups is 1. The number of amides is 3. The van der Waals surface area contributed by atoms with Crippen molar-refractivity contribution in [2.45, 2.75) is 26.2 Å². The topological polar surface area (TPSA) is 61.4 Å². The standard InChI is InChI=1S/C15H20ClN3O2/c1-11-12(16)5-4-6-13(11)18-14(20)7-8-17-15(21)19-9-2-3-10-19/h4-6H,2-3,7-10H2,1H3,(H,17,21)(H,18,20). The van der Waals surface area contributed by atoms with E-state index in [4.69, 9.17) is 11.6 Å². The number of rotatable bonds is 4. The van der Waals surface area contributed by atoms with Gasteiger partial charge in [-0.05, 0) is 37.5 Å². The highest BCUT2D eigenvalue weighted by Gasteiger charge is 2.17. The average Bonchev–Trinajstić information content (AvgIpc) is 2.98. The largest absolute Gasteiger partial charge is 0.337 e. The van der Waals surface area contributed by atoms with Gasteiger partial charge in [0.25, 0.3) is 0 Å². The Balaban J connectivity index is 1.74. The SMILES string of the molecule is Cc1c(Cl)cccc1NC(=O)CCNC(=O)N1CCCC1. The Morgan fingerprint density at radius 3 is 2.71 bits per heavy atom. The quantitative estimate of drug-likeness (QED) is 0.898. The van der Waals surface area contributed by atoms with Gasteiger partial charge in [0.1, 0.15) is 0 Å². The van der Waals surface area contributed by atoms with Crippen LogP contribution in [-0.4, -0.2) is 36.5 Å². The molecule has 6 heteroatoms. The van der Waals surface area contributed by atoms with Gasteiger partial charge >= 0.3 is 6.03 Å². The molecule has 0 spiro atoms. The summed E-state index contributed by atoms with van der Waals surface area (Å²) in [6, 6.07) is 5.30. The second-order valence-electron chi connectivity index (χ2n) is 5.14. The van der Waals surface area contributed by atoms with Crippen LogP contribution in [0.2, 0.25) is 5.02 Å². The molecule has 0 atom stereocenters. The number of carbonyl (C=O) groups is 2. The fourth-order valence-corrected chi connectivity index (χ4v) is 2.45. The van der Waals surface area contributed by atoms with Gasteiger partial charge in [-0.25, -0.2) is 4.79 Å². The third-order valence-corrected chi connectivity index (χ3v) is 3.97. The lowest BCUT2D eigenvalue weighted by molar-refractivity contribution is -0.116. The van der Waals surface area contributed by atoms with Crippen LogP contribution in [0.3, 0.4) is 0 Å². The summed E-state index contributed by atoms with van der Waals surface area (Å²) in [5, 5.41) is 6.19. The normalized spacial score (nSPS) is 14.1. The molecule has 0 aromatic heterocycles. The van der Waals surface area contributed by atoms with E-state index in [9.17, 15) is 9.59 Å². The minimum Gasteiger partial charge on any atom is -0.337 e. The first-order chi connectivity index (χ1) is 10.1. The Bertz CT molecular complexity index is 528. The molecule has 1 fully saturated rings. The molecule has 5 nitrogen and oxygen atoms in total. The summed E-state index contributed by atoms with van der Waals surface area (Å²) < 4.78 is 0. The van der Waals surface area contributed by atoms with Crippen molar-refractivity contribution in [2.24, 2.45) is 0 Å². The molecule has 0 radical (unpaired) electrons. The Kier molecular flexibility index (Phi) is 5.44. The predicted octanol–water partition coefficient (Wildman–Crippen LogP) is 2.78. The zero-order valence-electron chi connectivity index (χ0n) is 12.1. The van der Waals surface area contributed by atoms with Gasteiger partial charge in [0, 0.05) is 36.8 Å². The van der Waals surface area contributed by atoms with E-state index in [0.29, 0.717) is 17.3 Å². The van der Waals surface area contributed by atoms with Gasteiger partial charge in [-0.2, -0.15) is 0 Å². The third-order valence-electron chi connectivity index (χ3n) is 3.56. The molecule has 114 valence electrons. The van der Waals surface area contributed by atoms with E-state index < -0.39 is 0 Å². The first-order valence-corrected chi connectivity index (χ1v) is 7.53. The van der Waals surface area contributed by atoms with Crippen LogP contribution in [0.4, 0.5) is 10.5 Å². The number of likely N-dealkylation sites (tertiary alicyclic amines) is 1. The number of hydrogen-bond donors (Lipinski definition) is 2. The minimum atomic E-state index is -0.137. The number of anilines is 1. The third kappa shape index (κ3) is 4.36. The molecule has 2 rings (SSSR count). The maximum Gasteiger partial charge on any atom is 0.317 e. The lowest BCUT2D eigenvalue weighted by atomic mass is 10.2. The highest BCUT2D eigenvalue weighted by molar-refractivity contribution is 6.31. The molecule has 0 aliphatic carbocycles. The maximum absolute atomic E-state index is 11.9. The number of benzene rings is 1. The molecule has 1 aromatic rings. The van der Waals surface area contributed by atoms with Crippen LogP contribution in [0.25, 0.3) is 0 Å². The molecule has 1 saturated heterocycles. The molecule has 1 aliphatic heterocycles. The highest BCUT2D eigenvalue weighted by atomic mass is 35.5. The maximum atomic E-state index is 11.9. The van der Waals surface area contributed by atoms with Gasteiger partial charge in [-0.1, -0.05) is 17.7 Å². The van der Waals surface area contributed by atoms with Crippen molar-refractivity contribution in [1.29, 1.82) is 0 Å². The minimum absolute atomic E-state index is 0.0840. The van der Waals surface area contributed by atoms with E-state index in [0.717, 1.165) is 31.5 Å². The van der Waals surface area contributed by atoms with Gasteiger partial charge in [0.2, 0.25) is 5.91 Å².